The summed E-state index contributed by atoms with van der Waals surface area (Å²) in [6.07, 6.45) is -3.48. The number of sulfonamides is 1. The third kappa shape index (κ3) is 4.23. The van der Waals surface area contributed by atoms with E-state index in [0.717, 1.165) is 35.1 Å². The van der Waals surface area contributed by atoms with Crippen molar-refractivity contribution in [1.29, 1.82) is 0 Å². The van der Waals surface area contributed by atoms with Gasteiger partial charge in [-0.3, -0.25) is 4.68 Å². The molecule has 0 saturated carbocycles. The number of hydrogen-bond donors (Lipinski definition) is 1. The molecule has 0 amide bonds. The van der Waals surface area contributed by atoms with Crippen molar-refractivity contribution in [3.63, 3.8) is 0 Å². The lowest BCUT2D eigenvalue weighted by molar-refractivity contribution is -0.141. The third-order valence-corrected chi connectivity index (χ3v) is 4.46. The minimum atomic E-state index is -4.56. The lowest BCUT2D eigenvalue weighted by Gasteiger charge is -2.08. The van der Waals surface area contributed by atoms with Crippen LogP contribution in [0.3, 0.4) is 0 Å². The lowest BCUT2D eigenvalue weighted by atomic mass is 10.3. The Labute approximate surface area is 135 Å². The van der Waals surface area contributed by atoms with Gasteiger partial charge in [0.15, 0.2) is 17.3 Å². The molecule has 0 radical (unpaired) electrons. The molecule has 0 aliphatic heterocycles. The van der Waals surface area contributed by atoms with Gasteiger partial charge in [-0.05, 0) is 24.3 Å². The highest BCUT2D eigenvalue weighted by Crippen LogP contribution is 2.27. The fourth-order valence-electron chi connectivity index (χ4n) is 1.83. The zero-order valence-electron chi connectivity index (χ0n) is 12.3. The molecule has 0 aliphatic rings. The Morgan fingerprint density at radius 3 is 2.54 bits per heavy atom. The van der Waals surface area contributed by atoms with E-state index < -0.39 is 27.7 Å². The van der Waals surface area contributed by atoms with Crippen LogP contribution in [0.1, 0.15) is 5.69 Å². The highest BCUT2D eigenvalue weighted by atomic mass is 32.2. The van der Waals surface area contributed by atoms with Crippen molar-refractivity contribution in [2.75, 3.05) is 13.7 Å². The molecule has 1 heterocycles. The van der Waals surface area contributed by atoms with Crippen molar-refractivity contribution in [3.05, 3.63) is 42.0 Å². The number of halogens is 4. The summed E-state index contributed by atoms with van der Waals surface area (Å²) in [4.78, 5) is -0.322. The minimum absolute atomic E-state index is 0.106. The largest absolute Gasteiger partial charge is 0.494 e. The van der Waals surface area contributed by atoms with Crippen molar-refractivity contribution in [2.24, 2.45) is 0 Å². The van der Waals surface area contributed by atoms with E-state index in [9.17, 15) is 26.0 Å². The van der Waals surface area contributed by atoms with Crippen LogP contribution in [-0.4, -0.2) is 31.9 Å². The van der Waals surface area contributed by atoms with Crippen LogP contribution in [0.25, 0.3) is 0 Å². The molecule has 0 saturated heterocycles. The van der Waals surface area contributed by atoms with Crippen LogP contribution in [0.15, 0.2) is 35.4 Å². The average molecular weight is 367 g/mol. The molecule has 0 spiro atoms. The number of aromatic nitrogens is 2. The van der Waals surface area contributed by atoms with Gasteiger partial charge in [0.2, 0.25) is 10.0 Å². The molecule has 2 rings (SSSR count). The number of alkyl halides is 3. The standard InChI is InChI=1S/C13H13F4N3O3S/c1-23-11-3-2-9(8-10(11)14)24(21,22)18-5-7-20-6-4-12(19-20)13(15,16)17/h2-4,6,8,18H,5,7H2,1H3. The van der Waals surface area contributed by atoms with E-state index in [4.69, 9.17) is 0 Å². The van der Waals surface area contributed by atoms with Crippen molar-refractivity contribution < 1.29 is 30.7 Å². The number of benzene rings is 1. The topological polar surface area (TPSA) is 73.2 Å². The Balaban J connectivity index is 2.00. The zero-order chi connectivity index (χ0) is 18.0. The molecule has 0 aliphatic carbocycles. The zero-order valence-corrected chi connectivity index (χ0v) is 13.2. The van der Waals surface area contributed by atoms with Gasteiger partial charge in [0.25, 0.3) is 0 Å². The molecule has 6 nitrogen and oxygen atoms in total. The van der Waals surface area contributed by atoms with Crippen LogP contribution < -0.4 is 9.46 Å². The van der Waals surface area contributed by atoms with E-state index >= 15 is 0 Å². The number of hydrogen-bond acceptors (Lipinski definition) is 4. The summed E-state index contributed by atoms with van der Waals surface area (Å²) in [7, 11) is -2.77. The molecule has 24 heavy (non-hydrogen) atoms. The molecule has 1 N–H and O–H groups in total. The van der Waals surface area contributed by atoms with Crippen molar-refractivity contribution in [1.82, 2.24) is 14.5 Å². The molecular formula is C13H13F4N3O3S. The Hall–Kier alpha value is -2.14. The van der Waals surface area contributed by atoms with Gasteiger partial charge >= 0.3 is 6.18 Å². The molecule has 0 bridgehead atoms. The summed E-state index contributed by atoms with van der Waals surface area (Å²) in [6.45, 7) is -0.330. The maximum Gasteiger partial charge on any atom is 0.435 e. The van der Waals surface area contributed by atoms with Gasteiger partial charge < -0.3 is 4.74 Å². The van der Waals surface area contributed by atoms with E-state index in [-0.39, 0.29) is 23.7 Å². The molecule has 132 valence electrons. The van der Waals surface area contributed by atoms with Crippen LogP contribution in [0.2, 0.25) is 0 Å². The predicted octanol–water partition coefficient (Wildman–Crippen LogP) is 2.03. The Morgan fingerprint density at radius 1 is 1.29 bits per heavy atom. The third-order valence-electron chi connectivity index (χ3n) is 3.00. The van der Waals surface area contributed by atoms with Gasteiger partial charge in [0.05, 0.1) is 18.6 Å². The fraction of sp³-hybridized carbons (Fsp3) is 0.308. The molecule has 1 aromatic heterocycles. The second-order valence-corrected chi connectivity index (χ2v) is 6.42. The van der Waals surface area contributed by atoms with E-state index in [1.54, 1.807) is 0 Å². The van der Waals surface area contributed by atoms with Crippen LogP contribution in [0.5, 0.6) is 5.75 Å². The summed E-state index contributed by atoms with van der Waals surface area (Å²) in [5.74, 6) is -0.951. The summed E-state index contributed by atoms with van der Waals surface area (Å²) >= 11 is 0. The first-order valence-corrected chi connectivity index (χ1v) is 8.05. The maximum absolute atomic E-state index is 13.5. The quantitative estimate of drug-likeness (QED) is 0.793. The second-order valence-electron chi connectivity index (χ2n) is 4.66. The Bertz CT molecular complexity index is 818. The first kappa shape index (κ1) is 18.2. The number of nitrogens with zero attached hydrogens (tertiary/aromatic N) is 2. The molecule has 1 aromatic carbocycles. The molecule has 0 atom stereocenters. The highest BCUT2D eigenvalue weighted by Gasteiger charge is 2.33. The van der Waals surface area contributed by atoms with Crippen LogP contribution >= 0.6 is 0 Å². The second kappa shape index (κ2) is 6.77. The summed E-state index contributed by atoms with van der Waals surface area (Å²) < 4.78 is 82.6. The van der Waals surface area contributed by atoms with Gasteiger partial charge in [-0.2, -0.15) is 18.3 Å². The van der Waals surface area contributed by atoms with Gasteiger partial charge in [-0.25, -0.2) is 17.5 Å². The predicted molar refractivity (Wildman–Crippen MR) is 75.4 cm³/mol. The van der Waals surface area contributed by atoms with Crippen LogP contribution in [0, 0.1) is 5.82 Å². The van der Waals surface area contributed by atoms with E-state index in [0.29, 0.717) is 0 Å². The Kier molecular flexibility index (Phi) is 5.13. The number of methoxy groups -OCH3 is 1. The van der Waals surface area contributed by atoms with Crippen LogP contribution in [0.4, 0.5) is 17.6 Å². The van der Waals surface area contributed by atoms with Gasteiger partial charge in [-0.15, -0.1) is 0 Å². The normalized spacial score (nSPS) is 12.4. The summed E-state index contributed by atoms with van der Waals surface area (Å²) in [5, 5.41) is 3.29. The smallest absolute Gasteiger partial charge is 0.435 e. The fourth-order valence-corrected chi connectivity index (χ4v) is 2.86. The van der Waals surface area contributed by atoms with Gasteiger partial charge in [0.1, 0.15) is 0 Å². The molecule has 2 aromatic rings. The van der Waals surface area contributed by atoms with E-state index in [1.807, 2.05) is 0 Å². The molecular weight excluding hydrogens is 354 g/mol. The van der Waals surface area contributed by atoms with Crippen molar-refractivity contribution in [2.45, 2.75) is 17.6 Å². The monoisotopic (exact) mass is 367 g/mol. The molecule has 0 fully saturated rings. The molecule has 0 unspecified atom stereocenters. The first-order valence-electron chi connectivity index (χ1n) is 6.57. The minimum Gasteiger partial charge on any atom is -0.494 e. The van der Waals surface area contributed by atoms with E-state index in [1.165, 1.54) is 7.11 Å². The van der Waals surface area contributed by atoms with Crippen molar-refractivity contribution in [3.8, 4) is 5.75 Å². The molecule has 11 heteroatoms. The van der Waals surface area contributed by atoms with Crippen LogP contribution in [-0.2, 0) is 22.7 Å². The lowest BCUT2D eigenvalue weighted by Crippen LogP contribution is -2.27. The van der Waals surface area contributed by atoms with Gasteiger partial charge in [-0.1, -0.05) is 0 Å². The first-order chi connectivity index (χ1) is 11.1. The van der Waals surface area contributed by atoms with E-state index in [2.05, 4.69) is 14.6 Å². The number of ether oxygens (including phenoxy) is 1. The highest BCUT2D eigenvalue weighted by molar-refractivity contribution is 7.89. The summed E-state index contributed by atoms with van der Waals surface area (Å²) in [6, 6.07) is 3.89. The number of nitrogens with one attached hydrogen (secondary N) is 1. The number of rotatable bonds is 6. The van der Waals surface area contributed by atoms with Crippen molar-refractivity contribution >= 4 is 10.0 Å². The maximum atomic E-state index is 13.5. The van der Waals surface area contributed by atoms with Gasteiger partial charge in [0, 0.05) is 12.7 Å². The SMILES string of the molecule is COc1ccc(S(=O)(=O)NCCn2ccc(C(F)(F)F)n2)cc1F. The summed E-state index contributed by atoms with van der Waals surface area (Å²) in [5.41, 5.74) is -1.07. The Morgan fingerprint density at radius 2 is 2.00 bits per heavy atom. The average Bonchev–Trinajstić information content (AvgIpc) is 2.96.